The molecule has 0 aliphatic heterocycles. The van der Waals surface area contributed by atoms with Crippen molar-refractivity contribution in [1.29, 1.82) is 0 Å². The molecule has 0 amide bonds. The third-order valence-electron chi connectivity index (χ3n) is 2.64. The van der Waals surface area contributed by atoms with E-state index < -0.39 is 0 Å². The smallest absolute Gasteiger partial charge is 0.119 e. The van der Waals surface area contributed by atoms with E-state index in [-0.39, 0.29) is 0 Å². The van der Waals surface area contributed by atoms with Crippen molar-refractivity contribution in [3.63, 3.8) is 0 Å². The number of para-hydroxylation sites is 1. The number of rotatable bonds is 6. The van der Waals surface area contributed by atoms with Crippen LogP contribution in [0.25, 0.3) is 0 Å². The molecule has 100 valence electrons. The summed E-state index contributed by atoms with van der Waals surface area (Å²) >= 11 is 6.06. The van der Waals surface area contributed by atoms with Crippen LogP contribution >= 0.6 is 11.6 Å². The fraction of sp³-hybridized carbons (Fsp3) is 0.200. The SMILES string of the molecule is Nc1ccc(NCCCOc2ccccc2)c(Cl)c1. The molecular formula is C15H17ClN2O. The van der Waals surface area contributed by atoms with Crippen molar-refractivity contribution in [2.45, 2.75) is 6.42 Å². The predicted octanol–water partition coefficient (Wildman–Crippen LogP) is 3.80. The minimum absolute atomic E-state index is 0.643. The van der Waals surface area contributed by atoms with Gasteiger partial charge in [0.05, 0.1) is 17.3 Å². The number of hydrogen-bond acceptors (Lipinski definition) is 3. The molecule has 0 atom stereocenters. The summed E-state index contributed by atoms with van der Waals surface area (Å²) in [7, 11) is 0. The van der Waals surface area contributed by atoms with Crippen molar-refractivity contribution in [2.24, 2.45) is 0 Å². The molecule has 0 heterocycles. The minimum Gasteiger partial charge on any atom is -0.494 e. The van der Waals surface area contributed by atoms with Gasteiger partial charge in [0.2, 0.25) is 0 Å². The van der Waals surface area contributed by atoms with Gasteiger partial charge in [-0.15, -0.1) is 0 Å². The lowest BCUT2D eigenvalue weighted by Crippen LogP contribution is -2.07. The minimum atomic E-state index is 0.643. The summed E-state index contributed by atoms with van der Waals surface area (Å²) in [6.07, 6.45) is 0.898. The highest BCUT2D eigenvalue weighted by Gasteiger charge is 1.99. The van der Waals surface area contributed by atoms with E-state index in [1.807, 2.05) is 42.5 Å². The number of benzene rings is 2. The molecule has 19 heavy (non-hydrogen) atoms. The molecule has 4 heteroatoms. The first kappa shape index (κ1) is 13.6. The van der Waals surface area contributed by atoms with Gasteiger partial charge in [-0.3, -0.25) is 0 Å². The van der Waals surface area contributed by atoms with Crippen LogP contribution in [0.4, 0.5) is 11.4 Å². The molecule has 0 aromatic heterocycles. The number of nitrogen functional groups attached to an aromatic ring is 1. The van der Waals surface area contributed by atoms with Gasteiger partial charge in [0.15, 0.2) is 0 Å². The Bertz CT molecular complexity index is 517. The maximum atomic E-state index is 6.06. The second kappa shape index (κ2) is 6.90. The molecule has 0 radical (unpaired) electrons. The molecule has 0 saturated heterocycles. The van der Waals surface area contributed by atoms with Crippen molar-refractivity contribution in [3.05, 3.63) is 53.6 Å². The Labute approximate surface area is 118 Å². The van der Waals surface area contributed by atoms with Gasteiger partial charge in [0, 0.05) is 12.2 Å². The molecule has 0 saturated carbocycles. The lowest BCUT2D eigenvalue weighted by molar-refractivity contribution is 0.315. The fourth-order valence-electron chi connectivity index (χ4n) is 1.68. The van der Waals surface area contributed by atoms with Crippen LogP contribution in [0.2, 0.25) is 5.02 Å². The van der Waals surface area contributed by atoms with Crippen LogP contribution in [0.3, 0.4) is 0 Å². The van der Waals surface area contributed by atoms with Gasteiger partial charge >= 0.3 is 0 Å². The molecule has 3 N–H and O–H groups in total. The summed E-state index contributed by atoms with van der Waals surface area (Å²) in [5, 5.41) is 3.90. The van der Waals surface area contributed by atoms with E-state index in [0.717, 1.165) is 24.4 Å². The second-order valence-corrected chi connectivity index (χ2v) is 4.59. The van der Waals surface area contributed by atoms with E-state index in [4.69, 9.17) is 22.1 Å². The second-order valence-electron chi connectivity index (χ2n) is 4.18. The van der Waals surface area contributed by atoms with Crippen molar-refractivity contribution in [1.82, 2.24) is 0 Å². The number of nitrogens with one attached hydrogen (secondary N) is 1. The number of anilines is 2. The standard InChI is InChI=1S/C15H17ClN2O/c16-14-11-12(17)7-8-15(14)18-9-4-10-19-13-5-2-1-3-6-13/h1-3,5-8,11,18H,4,9-10,17H2. The maximum absolute atomic E-state index is 6.06. The molecule has 3 nitrogen and oxygen atoms in total. The van der Waals surface area contributed by atoms with Crippen LogP contribution in [-0.2, 0) is 0 Å². The molecule has 0 spiro atoms. The third-order valence-corrected chi connectivity index (χ3v) is 2.95. The number of nitrogens with two attached hydrogens (primary N) is 1. The summed E-state index contributed by atoms with van der Waals surface area (Å²) in [4.78, 5) is 0. The summed E-state index contributed by atoms with van der Waals surface area (Å²) in [6, 6.07) is 15.2. The average molecular weight is 277 g/mol. The molecular weight excluding hydrogens is 260 g/mol. The zero-order valence-electron chi connectivity index (χ0n) is 10.6. The lowest BCUT2D eigenvalue weighted by Gasteiger charge is -2.09. The summed E-state index contributed by atoms with van der Waals surface area (Å²) < 4.78 is 5.60. The van der Waals surface area contributed by atoms with E-state index >= 15 is 0 Å². The summed E-state index contributed by atoms with van der Waals surface area (Å²) in [5.74, 6) is 0.896. The zero-order valence-corrected chi connectivity index (χ0v) is 11.4. The van der Waals surface area contributed by atoms with E-state index in [9.17, 15) is 0 Å². The highest BCUT2D eigenvalue weighted by molar-refractivity contribution is 6.33. The topological polar surface area (TPSA) is 47.3 Å². The quantitative estimate of drug-likeness (QED) is 0.623. The van der Waals surface area contributed by atoms with Gasteiger partial charge in [-0.05, 0) is 36.8 Å². The van der Waals surface area contributed by atoms with Gasteiger partial charge in [0.25, 0.3) is 0 Å². The van der Waals surface area contributed by atoms with Gasteiger partial charge < -0.3 is 15.8 Å². The van der Waals surface area contributed by atoms with E-state index in [1.54, 1.807) is 6.07 Å². The Hall–Kier alpha value is -1.87. The molecule has 0 fully saturated rings. The molecule has 2 aromatic carbocycles. The average Bonchev–Trinajstić information content (AvgIpc) is 2.42. The van der Waals surface area contributed by atoms with E-state index in [1.165, 1.54) is 0 Å². The Balaban J connectivity index is 1.69. The number of hydrogen-bond donors (Lipinski definition) is 2. The zero-order chi connectivity index (χ0) is 13.5. The summed E-state index contributed by atoms with van der Waals surface area (Å²) in [5.41, 5.74) is 7.20. The molecule has 2 rings (SSSR count). The van der Waals surface area contributed by atoms with Gasteiger partial charge in [-0.2, -0.15) is 0 Å². The highest BCUT2D eigenvalue weighted by Crippen LogP contribution is 2.23. The van der Waals surface area contributed by atoms with E-state index in [2.05, 4.69) is 5.32 Å². The maximum Gasteiger partial charge on any atom is 0.119 e. The van der Waals surface area contributed by atoms with Crippen LogP contribution in [-0.4, -0.2) is 13.2 Å². The van der Waals surface area contributed by atoms with Crippen LogP contribution in [0, 0.1) is 0 Å². The largest absolute Gasteiger partial charge is 0.494 e. The Morgan fingerprint density at radius 3 is 2.63 bits per heavy atom. The van der Waals surface area contributed by atoms with Gasteiger partial charge in [-0.25, -0.2) is 0 Å². The van der Waals surface area contributed by atoms with Gasteiger partial charge in [0.1, 0.15) is 5.75 Å². The molecule has 0 aliphatic carbocycles. The van der Waals surface area contributed by atoms with Crippen LogP contribution in [0.1, 0.15) is 6.42 Å². The van der Waals surface area contributed by atoms with Crippen molar-refractivity contribution in [2.75, 3.05) is 24.2 Å². The first-order valence-corrected chi connectivity index (χ1v) is 6.60. The molecule has 2 aromatic rings. The molecule has 0 aliphatic rings. The molecule has 0 bridgehead atoms. The summed E-state index contributed by atoms with van der Waals surface area (Å²) in [6.45, 7) is 1.47. The van der Waals surface area contributed by atoms with E-state index in [0.29, 0.717) is 17.3 Å². The first-order valence-electron chi connectivity index (χ1n) is 6.22. The van der Waals surface area contributed by atoms with Crippen LogP contribution in [0.15, 0.2) is 48.5 Å². The monoisotopic (exact) mass is 276 g/mol. The Kier molecular flexibility index (Phi) is 4.93. The third kappa shape index (κ3) is 4.38. The van der Waals surface area contributed by atoms with Crippen LogP contribution < -0.4 is 15.8 Å². The Morgan fingerprint density at radius 2 is 1.89 bits per heavy atom. The van der Waals surface area contributed by atoms with Gasteiger partial charge in [-0.1, -0.05) is 29.8 Å². The number of ether oxygens (including phenoxy) is 1. The Morgan fingerprint density at radius 1 is 1.11 bits per heavy atom. The normalized spacial score (nSPS) is 10.2. The lowest BCUT2D eigenvalue weighted by atomic mass is 10.3. The fourth-order valence-corrected chi connectivity index (χ4v) is 1.93. The highest BCUT2D eigenvalue weighted by atomic mass is 35.5. The first-order chi connectivity index (χ1) is 9.25. The van der Waals surface area contributed by atoms with Crippen molar-refractivity contribution >= 4 is 23.0 Å². The predicted molar refractivity (Wildman–Crippen MR) is 80.9 cm³/mol. The number of halogens is 1. The molecule has 0 unspecified atom stereocenters. The van der Waals surface area contributed by atoms with Crippen molar-refractivity contribution < 1.29 is 4.74 Å². The van der Waals surface area contributed by atoms with Crippen LogP contribution in [0.5, 0.6) is 5.75 Å². The van der Waals surface area contributed by atoms with Crippen molar-refractivity contribution in [3.8, 4) is 5.75 Å².